The second-order valence-corrected chi connectivity index (χ2v) is 6.57. The highest BCUT2D eigenvalue weighted by molar-refractivity contribution is 7.99. The highest BCUT2D eigenvalue weighted by Gasteiger charge is 2.18. The molecule has 3 rings (SSSR count). The SMILES string of the molecule is Nc1nc(NC2CCCSC2)nc(N2CCCCC2)n1. The van der Waals surface area contributed by atoms with Gasteiger partial charge in [0.1, 0.15) is 0 Å². The van der Waals surface area contributed by atoms with Crippen LogP contribution in [0.5, 0.6) is 0 Å². The third kappa shape index (κ3) is 3.45. The number of hydrogen-bond acceptors (Lipinski definition) is 7. The first-order valence-electron chi connectivity index (χ1n) is 7.42. The lowest BCUT2D eigenvalue weighted by molar-refractivity contribution is 0.567. The minimum absolute atomic E-state index is 0.312. The topological polar surface area (TPSA) is 80.0 Å². The van der Waals surface area contributed by atoms with E-state index in [1.165, 1.54) is 37.9 Å². The lowest BCUT2D eigenvalue weighted by Crippen LogP contribution is -2.32. The molecule has 0 bridgehead atoms. The Balaban J connectivity index is 1.71. The van der Waals surface area contributed by atoms with Gasteiger partial charge >= 0.3 is 0 Å². The van der Waals surface area contributed by atoms with Crippen molar-refractivity contribution in [3.8, 4) is 0 Å². The molecule has 7 heteroatoms. The van der Waals surface area contributed by atoms with Crippen LogP contribution in [0.1, 0.15) is 32.1 Å². The molecule has 0 radical (unpaired) electrons. The fourth-order valence-electron chi connectivity index (χ4n) is 2.72. The van der Waals surface area contributed by atoms with E-state index in [2.05, 4.69) is 25.2 Å². The number of thioether (sulfide) groups is 1. The molecule has 0 saturated carbocycles. The van der Waals surface area contributed by atoms with Crippen LogP contribution in [-0.4, -0.2) is 45.6 Å². The molecule has 20 heavy (non-hydrogen) atoms. The van der Waals surface area contributed by atoms with E-state index in [9.17, 15) is 0 Å². The van der Waals surface area contributed by atoms with Gasteiger partial charge in [0.05, 0.1) is 0 Å². The first kappa shape index (κ1) is 13.7. The van der Waals surface area contributed by atoms with Crippen LogP contribution in [0.2, 0.25) is 0 Å². The molecule has 1 atom stereocenters. The molecule has 0 amide bonds. The molecule has 1 aromatic rings. The van der Waals surface area contributed by atoms with E-state index >= 15 is 0 Å². The quantitative estimate of drug-likeness (QED) is 0.879. The maximum atomic E-state index is 5.84. The molecule has 1 aromatic heterocycles. The Hall–Kier alpha value is -1.24. The molecular weight excluding hydrogens is 272 g/mol. The maximum absolute atomic E-state index is 5.84. The van der Waals surface area contributed by atoms with Crippen LogP contribution in [-0.2, 0) is 0 Å². The van der Waals surface area contributed by atoms with Crippen LogP contribution in [0, 0.1) is 0 Å². The van der Waals surface area contributed by atoms with E-state index in [4.69, 9.17) is 5.73 Å². The summed E-state index contributed by atoms with van der Waals surface area (Å²) in [4.78, 5) is 15.3. The van der Waals surface area contributed by atoms with Crippen LogP contribution >= 0.6 is 11.8 Å². The van der Waals surface area contributed by atoms with E-state index in [1.54, 1.807) is 0 Å². The number of anilines is 3. The predicted molar refractivity (Wildman–Crippen MR) is 84.3 cm³/mol. The Bertz CT molecular complexity index is 442. The molecule has 3 heterocycles. The molecule has 2 aliphatic rings. The van der Waals surface area contributed by atoms with Crippen molar-refractivity contribution in [2.24, 2.45) is 0 Å². The third-order valence-electron chi connectivity index (χ3n) is 3.77. The zero-order valence-electron chi connectivity index (χ0n) is 11.7. The highest BCUT2D eigenvalue weighted by Crippen LogP contribution is 2.21. The highest BCUT2D eigenvalue weighted by atomic mass is 32.2. The number of nitrogen functional groups attached to an aromatic ring is 1. The molecular formula is C13H22N6S. The molecule has 2 saturated heterocycles. The normalized spacial score (nSPS) is 23.6. The first-order valence-corrected chi connectivity index (χ1v) is 8.57. The summed E-state index contributed by atoms with van der Waals surface area (Å²) in [5.74, 6) is 4.04. The van der Waals surface area contributed by atoms with E-state index in [-0.39, 0.29) is 0 Å². The van der Waals surface area contributed by atoms with Gasteiger partial charge < -0.3 is 16.0 Å². The van der Waals surface area contributed by atoms with Crippen molar-refractivity contribution in [3.63, 3.8) is 0 Å². The van der Waals surface area contributed by atoms with Crippen LogP contribution in [0.4, 0.5) is 17.8 Å². The fourth-order valence-corrected chi connectivity index (χ4v) is 3.79. The van der Waals surface area contributed by atoms with Crippen molar-refractivity contribution in [1.82, 2.24) is 15.0 Å². The molecule has 110 valence electrons. The average molecular weight is 294 g/mol. The van der Waals surface area contributed by atoms with Gasteiger partial charge in [0.25, 0.3) is 0 Å². The number of piperidine rings is 1. The van der Waals surface area contributed by atoms with Gasteiger partial charge in [-0.3, -0.25) is 0 Å². The standard InChI is InChI=1S/C13H22N6S/c14-11-16-12(15-10-5-4-8-20-9-10)18-13(17-11)19-6-2-1-3-7-19/h10H,1-9H2,(H3,14,15,16,17,18). The molecule has 6 nitrogen and oxygen atoms in total. The minimum atomic E-state index is 0.312. The number of rotatable bonds is 3. The summed E-state index contributed by atoms with van der Waals surface area (Å²) in [5.41, 5.74) is 5.84. The van der Waals surface area contributed by atoms with Crippen molar-refractivity contribution in [1.29, 1.82) is 0 Å². The van der Waals surface area contributed by atoms with Crippen LogP contribution in [0.3, 0.4) is 0 Å². The number of nitrogens with zero attached hydrogens (tertiary/aromatic N) is 4. The van der Waals surface area contributed by atoms with E-state index in [0.29, 0.717) is 17.9 Å². The van der Waals surface area contributed by atoms with Gasteiger partial charge in [-0.1, -0.05) is 0 Å². The molecule has 3 N–H and O–H groups in total. The summed E-state index contributed by atoms with van der Waals surface area (Å²) in [7, 11) is 0. The van der Waals surface area contributed by atoms with Crippen LogP contribution in [0.25, 0.3) is 0 Å². The number of nitrogens with two attached hydrogens (primary N) is 1. The second-order valence-electron chi connectivity index (χ2n) is 5.42. The zero-order valence-corrected chi connectivity index (χ0v) is 12.5. The molecule has 2 aliphatic heterocycles. The van der Waals surface area contributed by atoms with Crippen molar-refractivity contribution in [2.45, 2.75) is 38.1 Å². The van der Waals surface area contributed by atoms with Gasteiger partial charge in [-0.2, -0.15) is 26.7 Å². The first-order chi connectivity index (χ1) is 9.81. The minimum Gasteiger partial charge on any atom is -0.368 e. The Labute approximate surface area is 124 Å². The average Bonchev–Trinajstić information content (AvgIpc) is 2.49. The van der Waals surface area contributed by atoms with Crippen molar-refractivity contribution in [2.75, 3.05) is 40.5 Å². The van der Waals surface area contributed by atoms with Crippen molar-refractivity contribution in [3.05, 3.63) is 0 Å². The molecule has 0 aliphatic carbocycles. The summed E-state index contributed by atoms with van der Waals surface area (Å²) < 4.78 is 0. The largest absolute Gasteiger partial charge is 0.368 e. The summed E-state index contributed by atoms with van der Waals surface area (Å²) in [6.07, 6.45) is 6.13. The van der Waals surface area contributed by atoms with Gasteiger partial charge in [0.2, 0.25) is 17.8 Å². The van der Waals surface area contributed by atoms with E-state index < -0.39 is 0 Å². The Morgan fingerprint density at radius 1 is 1.10 bits per heavy atom. The van der Waals surface area contributed by atoms with Crippen molar-refractivity contribution >= 4 is 29.6 Å². The van der Waals surface area contributed by atoms with Crippen molar-refractivity contribution < 1.29 is 0 Å². The van der Waals surface area contributed by atoms with Gasteiger partial charge in [-0.05, 0) is 37.9 Å². The number of nitrogens with one attached hydrogen (secondary N) is 1. The third-order valence-corrected chi connectivity index (χ3v) is 4.99. The van der Waals surface area contributed by atoms with E-state index in [0.717, 1.165) is 24.8 Å². The monoisotopic (exact) mass is 294 g/mol. The smallest absolute Gasteiger partial charge is 0.231 e. The Morgan fingerprint density at radius 3 is 2.70 bits per heavy atom. The number of hydrogen-bond donors (Lipinski definition) is 2. The zero-order chi connectivity index (χ0) is 13.8. The summed E-state index contributed by atoms with van der Waals surface area (Å²) in [6.45, 7) is 2.03. The molecule has 2 fully saturated rings. The summed E-state index contributed by atoms with van der Waals surface area (Å²) >= 11 is 1.98. The van der Waals surface area contributed by atoms with Gasteiger partial charge in [0.15, 0.2) is 0 Å². The van der Waals surface area contributed by atoms with Gasteiger partial charge in [0, 0.05) is 24.9 Å². The van der Waals surface area contributed by atoms with Crippen LogP contribution in [0.15, 0.2) is 0 Å². The molecule has 1 unspecified atom stereocenters. The van der Waals surface area contributed by atoms with Gasteiger partial charge in [-0.25, -0.2) is 0 Å². The molecule has 0 spiro atoms. The fraction of sp³-hybridized carbons (Fsp3) is 0.769. The lowest BCUT2D eigenvalue weighted by atomic mass is 10.1. The number of aromatic nitrogens is 3. The molecule has 0 aromatic carbocycles. The maximum Gasteiger partial charge on any atom is 0.231 e. The Morgan fingerprint density at radius 2 is 1.95 bits per heavy atom. The van der Waals surface area contributed by atoms with Crippen LogP contribution < -0.4 is 16.0 Å². The summed E-state index contributed by atoms with van der Waals surface area (Å²) in [5, 5.41) is 3.41. The Kier molecular flexibility index (Phi) is 4.44. The summed E-state index contributed by atoms with van der Waals surface area (Å²) in [6, 6.07) is 0.449. The second kappa shape index (κ2) is 6.47. The van der Waals surface area contributed by atoms with Gasteiger partial charge in [-0.15, -0.1) is 0 Å². The predicted octanol–water partition coefficient (Wildman–Crippen LogP) is 1.75. The lowest BCUT2D eigenvalue weighted by Gasteiger charge is -2.27. The van der Waals surface area contributed by atoms with E-state index in [1.807, 2.05) is 11.8 Å².